The second-order valence-electron chi connectivity index (χ2n) is 3.85. The average molecular weight is 355 g/mol. The zero-order valence-corrected chi connectivity index (χ0v) is 13.1. The highest BCUT2D eigenvalue weighted by molar-refractivity contribution is 9.10. The topological polar surface area (TPSA) is 69.4 Å². The number of rotatable bonds is 4. The number of halogens is 2. The van der Waals surface area contributed by atoms with Crippen LogP contribution in [0.5, 0.6) is 5.75 Å². The highest BCUT2D eigenvalue weighted by Gasteiger charge is 2.19. The maximum absolute atomic E-state index is 11.5. The molecule has 0 aliphatic carbocycles. The van der Waals surface area contributed by atoms with Crippen molar-refractivity contribution in [3.05, 3.63) is 33.3 Å². The molecule has 0 aliphatic rings. The third-order valence-corrected chi connectivity index (χ3v) is 3.65. The van der Waals surface area contributed by atoms with E-state index in [0.717, 1.165) is 5.57 Å². The van der Waals surface area contributed by atoms with Crippen LogP contribution in [0, 0.1) is 0 Å². The van der Waals surface area contributed by atoms with E-state index >= 15 is 0 Å². The van der Waals surface area contributed by atoms with Crippen LogP contribution in [0.25, 0.3) is 0 Å². The highest BCUT2D eigenvalue weighted by atomic mass is 79.9. The number of primary sulfonamides is 1. The predicted octanol–water partition coefficient (Wildman–Crippen LogP) is 3.09. The zero-order chi connectivity index (χ0) is 13.9. The van der Waals surface area contributed by atoms with Crippen molar-refractivity contribution in [2.45, 2.75) is 18.7 Å². The summed E-state index contributed by atoms with van der Waals surface area (Å²) >= 11 is 9.12. The molecule has 4 nitrogen and oxygen atoms in total. The smallest absolute Gasteiger partial charge is 0.241 e. The summed E-state index contributed by atoms with van der Waals surface area (Å²) in [5.74, 6) is 0.0693. The van der Waals surface area contributed by atoms with Crippen LogP contribution in [-0.4, -0.2) is 15.0 Å². The molecule has 0 saturated carbocycles. The third kappa shape index (κ3) is 4.28. The van der Waals surface area contributed by atoms with Gasteiger partial charge in [0.05, 0.1) is 5.02 Å². The Balaban J connectivity index is 3.21. The van der Waals surface area contributed by atoms with Crippen LogP contribution in [-0.2, 0) is 10.0 Å². The van der Waals surface area contributed by atoms with Crippen molar-refractivity contribution >= 4 is 37.6 Å². The molecule has 1 aromatic carbocycles. The standard InChI is InChI=1S/C11H13BrClNO3S/c1-7(2)3-4-17-11-9(13)5-8(12)6-10(11)18(14,15)16/h3,5-6H,4H2,1-2H3,(H2,14,15,16). The lowest BCUT2D eigenvalue weighted by atomic mass is 10.3. The number of hydrogen-bond donors (Lipinski definition) is 1. The van der Waals surface area contributed by atoms with Gasteiger partial charge >= 0.3 is 0 Å². The van der Waals surface area contributed by atoms with Crippen LogP contribution in [0.3, 0.4) is 0 Å². The minimum absolute atomic E-state index is 0.0693. The van der Waals surface area contributed by atoms with Gasteiger partial charge in [-0.3, -0.25) is 0 Å². The van der Waals surface area contributed by atoms with Crippen molar-refractivity contribution < 1.29 is 13.2 Å². The van der Waals surface area contributed by atoms with E-state index < -0.39 is 10.0 Å². The Hall–Kier alpha value is -0.560. The molecule has 0 bridgehead atoms. The summed E-state index contributed by atoms with van der Waals surface area (Å²) in [5.41, 5.74) is 1.06. The Morgan fingerprint density at radius 3 is 2.61 bits per heavy atom. The lowest BCUT2D eigenvalue weighted by Gasteiger charge is -2.11. The van der Waals surface area contributed by atoms with Gasteiger partial charge in [-0.15, -0.1) is 0 Å². The predicted molar refractivity (Wildman–Crippen MR) is 75.5 cm³/mol. The van der Waals surface area contributed by atoms with Crippen LogP contribution in [0.2, 0.25) is 5.02 Å². The van der Waals surface area contributed by atoms with E-state index in [4.69, 9.17) is 21.5 Å². The van der Waals surface area contributed by atoms with E-state index in [1.165, 1.54) is 6.07 Å². The van der Waals surface area contributed by atoms with Crippen LogP contribution in [0.4, 0.5) is 0 Å². The molecule has 0 spiro atoms. The summed E-state index contributed by atoms with van der Waals surface area (Å²) in [6, 6.07) is 2.91. The second kappa shape index (κ2) is 6.06. The minimum Gasteiger partial charge on any atom is -0.487 e. The Kier molecular flexibility index (Phi) is 5.21. The Morgan fingerprint density at radius 1 is 1.50 bits per heavy atom. The summed E-state index contributed by atoms with van der Waals surface area (Å²) in [5, 5.41) is 5.31. The van der Waals surface area contributed by atoms with Gasteiger partial charge in [0.1, 0.15) is 11.5 Å². The van der Waals surface area contributed by atoms with Gasteiger partial charge in [-0.05, 0) is 32.1 Å². The summed E-state index contributed by atoms with van der Waals surface area (Å²) in [7, 11) is -3.89. The number of nitrogens with two attached hydrogens (primary N) is 1. The number of allylic oxidation sites excluding steroid dienone is 1. The quantitative estimate of drug-likeness (QED) is 0.845. The Labute approximate surface area is 120 Å². The molecule has 2 N–H and O–H groups in total. The number of benzene rings is 1. The monoisotopic (exact) mass is 353 g/mol. The summed E-state index contributed by atoms with van der Waals surface area (Å²) < 4.78 is 28.8. The third-order valence-electron chi connectivity index (χ3n) is 2.00. The second-order valence-corrected chi connectivity index (χ2v) is 6.71. The van der Waals surface area contributed by atoms with Gasteiger partial charge < -0.3 is 4.74 Å². The van der Waals surface area contributed by atoms with E-state index in [-0.39, 0.29) is 22.3 Å². The lowest BCUT2D eigenvalue weighted by molar-refractivity contribution is 0.352. The van der Waals surface area contributed by atoms with Gasteiger partial charge in [0, 0.05) is 4.47 Å². The summed E-state index contributed by atoms with van der Waals surface area (Å²) in [4.78, 5) is -0.135. The SMILES string of the molecule is CC(C)=CCOc1c(Cl)cc(Br)cc1S(N)(=O)=O. The molecular formula is C11H13BrClNO3S. The highest BCUT2D eigenvalue weighted by Crippen LogP contribution is 2.34. The summed E-state index contributed by atoms with van der Waals surface area (Å²) in [6.07, 6.45) is 1.81. The normalized spacial score (nSPS) is 11.2. The van der Waals surface area contributed by atoms with Crippen LogP contribution in [0.1, 0.15) is 13.8 Å². The molecular weight excluding hydrogens is 342 g/mol. The first kappa shape index (κ1) is 15.5. The molecule has 0 amide bonds. The maximum atomic E-state index is 11.5. The summed E-state index contributed by atoms with van der Waals surface area (Å²) in [6.45, 7) is 4.05. The van der Waals surface area contributed by atoms with Gasteiger partial charge in [-0.1, -0.05) is 33.1 Å². The molecule has 100 valence electrons. The van der Waals surface area contributed by atoms with Gasteiger partial charge in [0.25, 0.3) is 0 Å². The van der Waals surface area contributed by atoms with Crippen LogP contribution in [0.15, 0.2) is 33.2 Å². The van der Waals surface area contributed by atoms with Crippen molar-refractivity contribution in [1.82, 2.24) is 0 Å². The molecule has 0 atom stereocenters. The van der Waals surface area contributed by atoms with Crippen molar-refractivity contribution in [3.63, 3.8) is 0 Å². The number of sulfonamides is 1. The van der Waals surface area contributed by atoms with E-state index in [2.05, 4.69) is 15.9 Å². The van der Waals surface area contributed by atoms with Crippen molar-refractivity contribution in [3.8, 4) is 5.75 Å². The molecule has 0 aliphatic heterocycles. The molecule has 0 unspecified atom stereocenters. The fraction of sp³-hybridized carbons (Fsp3) is 0.273. The Morgan fingerprint density at radius 2 is 2.11 bits per heavy atom. The molecule has 7 heteroatoms. The molecule has 1 aromatic rings. The van der Waals surface area contributed by atoms with Crippen molar-refractivity contribution in [2.24, 2.45) is 5.14 Å². The Bertz CT molecular complexity index is 580. The molecule has 0 aromatic heterocycles. The van der Waals surface area contributed by atoms with Crippen molar-refractivity contribution in [1.29, 1.82) is 0 Å². The minimum atomic E-state index is -3.89. The number of ether oxygens (including phenoxy) is 1. The maximum Gasteiger partial charge on any atom is 0.241 e. The molecule has 0 radical (unpaired) electrons. The van der Waals surface area contributed by atoms with Gasteiger partial charge in [0.2, 0.25) is 10.0 Å². The largest absolute Gasteiger partial charge is 0.487 e. The molecule has 18 heavy (non-hydrogen) atoms. The first-order chi connectivity index (χ1) is 8.21. The average Bonchev–Trinajstić information content (AvgIpc) is 2.18. The van der Waals surface area contributed by atoms with E-state index in [1.807, 2.05) is 19.9 Å². The molecule has 0 fully saturated rings. The van der Waals surface area contributed by atoms with Crippen LogP contribution >= 0.6 is 27.5 Å². The fourth-order valence-corrected chi connectivity index (χ4v) is 2.97. The van der Waals surface area contributed by atoms with Crippen molar-refractivity contribution in [2.75, 3.05) is 6.61 Å². The van der Waals surface area contributed by atoms with Gasteiger partial charge in [-0.25, -0.2) is 13.6 Å². The van der Waals surface area contributed by atoms with E-state index in [1.54, 1.807) is 6.07 Å². The molecule has 0 saturated heterocycles. The first-order valence-electron chi connectivity index (χ1n) is 5.00. The molecule has 1 rings (SSSR count). The fourth-order valence-electron chi connectivity index (χ4n) is 1.18. The van der Waals surface area contributed by atoms with Gasteiger partial charge in [0.15, 0.2) is 5.75 Å². The zero-order valence-electron chi connectivity index (χ0n) is 9.91. The number of hydrogen-bond acceptors (Lipinski definition) is 3. The van der Waals surface area contributed by atoms with Crippen LogP contribution < -0.4 is 9.88 Å². The lowest BCUT2D eigenvalue weighted by Crippen LogP contribution is -2.14. The first-order valence-corrected chi connectivity index (χ1v) is 7.71. The molecule has 0 heterocycles. The van der Waals surface area contributed by atoms with E-state index in [0.29, 0.717) is 4.47 Å². The van der Waals surface area contributed by atoms with E-state index in [9.17, 15) is 8.42 Å². The van der Waals surface area contributed by atoms with Gasteiger partial charge in [-0.2, -0.15) is 0 Å².